The van der Waals surface area contributed by atoms with Gasteiger partial charge in [-0.3, -0.25) is 9.59 Å². The van der Waals surface area contributed by atoms with E-state index in [0.29, 0.717) is 13.0 Å². The third-order valence-electron chi connectivity index (χ3n) is 3.59. The van der Waals surface area contributed by atoms with Crippen LogP contribution >= 0.6 is 0 Å². The van der Waals surface area contributed by atoms with E-state index in [1.807, 2.05) is 45.0 Å². The Morgan fingerprint density at radius 1 is 1.35 bits per heavy atom. The van der Waals surface area contributed by atoms with Crippen molar-refractivity contribution in [1.29, 1.82) is 0 Å². The highest BCUT2D eigenvalue weighted by Crippen LogP contribution is 2.30. The summed E-state index contributed by atoms with van der Waals surface area (Å²) < 4.78 is 0. The maximum absolute atomic E-state index is 12.5. The predicted molar refractivity (Wildman–Crippen MR) is 78.2 cm³/mol. The molecule has 2 rings (SSSR count). The van der Waals surface area contributed by atoms with Crippen molar-refractivity contribution in [2.24, 2.45) is 0 Å². The van der Waals surface area contributed by atoms with Gasteiger partial charge in [0.1, 0.15) is 6.04 Å². The molecule has 0 saturated carbocycles. The monoisotopic (exact) mass is 274 g/mol. The van der Waals surface area contributed by atoms with Gasteiger partial charge in [-0.1, -0.05) is 31.2 Å². The summed E-state index contributed by atoms with van der Waals surface area (Å²) in [6.07, 6.45) is 1.24. The largest absolute Gasteiger partial charge is 0.352 e. The number of nitrogens with zero attached hydrogens (tertiary/aromatic N) is 1. The third-order valence-corrected chi connectivity index (χ3v) is 3.59. The Kier molecular flexibility index (Phi) is 4.42. The SMILES string of the molecule is CCC(=O)N1CCc2ccccc2C1C(=O)NC(C)C. The normalized spacial score (nSPS) is 17.8. The fourth-order valence-corrected chi connectivity index (χ4v) is 2.68. The van der Waals surface area contributed by atoms with Crippen LogP contribution in [0.1, 0.15) is 44.4 Å². The molecule has 1 aliphatic rings. The van der Waals surface area contributed by atoms with Crippen molar-refractivity contribution in [1.82, 2.24) is 10.2 Å². The summed E-state index contributed by atoms with van der Waals surface area (Å²) >= 11 is 0. The minimum Gasteiger partial charge on any atom is -0.352 e. The summed E-state index contributed by atoms with van der Waals surface area (Å²) in [6.45, 7) is 6.30. The molecule has 1 aromatic carbocycles. The van der Waals surface area contributed by atoms with E-state index in [0.717, 1.165) is 17.5 Å². The number of hydrogen-bond donors (Lipinski definition) is 1. The molecule has 1 aromatic rings. The molecule has 0 saturated heterocycles. The Morgan fingerprint density at radius 2 is 2.05 bits per heavy atom. The van der Waals surface area contributed by atoms with Crippen LogP contribution in [-0.2, 0) is 16.0 Å². The summed E-state index contributed by atoms with van der Waals surface area (Å²) in [6, 6.07) is 7.47. The van der Waals surface area contributed by atoms with Gasteiger partial charge in [-0.05, 0) is 31.4 Å². The van der Waals surface area contributed by atoms with Gasteiger partial charge in [-0.15, -0.1) is 0 Å². The van der Waals surface area contributed by atoms with Crippen LogP contribution in [0, 0.1) is 0 Å². The van der Waals surface area contributed by atoms with Crippen molar-refractivity contribution in [2.75, 3.05) is 6.54 Å². The Bertz CT molecular complexity index is 511. The first-order valence-corrected chi connectivity index (χ1v) is 7.22. The predicted octanol–water partition coefficient (Wildman–Crippen LogP) is 2.05. The zero-order valence-corrected chi connectivity index (χ0v) is 12.3. The van der Waals surface area contributed by atoms with E-state index < -0.39 is 6.04 Å². The Morgan fingerprint density at radius 3 is 2.70 bits per heavy atom. The number of amides is 2. The molecule has 2 amide bonds. The second kappa shape index (κ2) is 6.07. The van der Waals surface area contributed by atoms with E-state index in [-0.39, 0.29) is 17.9 Å². The Hall–Kier alpha value is -1.84. The van der Waals surface area contributed by atoms with Crippen LogP contribution in [0.3, 0.4) is 0 Å². The minimum absolute atomic E-state index is 0.0309. The lowest BCUT2D eigenvalue weighted by Crippen LogP contribution is -2.48. The molecule has 4 nitrogen and oxygen atoms in total. The van der Waals surface area contributed by atoms with Crippen LogP contribution in [0.5, 0.6) is 0 Å². The van der Waals surface area contributed by atoms with Crippen LogP contribution in [0.15, 0.2) is 24.3 Å². The van der Waals surface area contributed by atoms with E-state index in [4.69, 9.17) is 0 Å². The molecule has 1 atom stereocenters. The summed E-state index contributed by atoms with van der Waals surface area (Å²) in [5.41, 5.74) is 2.12. The standard InChI is InChI=1S/C16H22N2O2/c1-4-14(19)18-10-9-12-7-5-6-8-13(12)15(18)16(20)17-11(2)3/h5-8,11,15H,4,9-10H2,1-3H3,(H,17,20). The van der Waals surface area contributed by atoms with Crippen LogP contribution in [-0.4, -0.2) is 29.3 Å². The summed E-state index contributed by atoms with van der Waals surface area (Å²) in [7, 11) is 0. The number of carbonyl (C=O) groups excluding carboxylic acids is 2. The molecule has 0 radical (unpaired) electrons. The molecule has 4 heteroatoms. The molecule has 0 bridgehead atoms. The molecule has 108 valence electrons. The first-order chi connectivity index (χ1) is 9.54. The van der Waals surface area contributed by atoms with Crippen molar-refractivity contribution in [3.8, 4) is 0 Å². The average Bonchev–Trinajstić information content (AvgIpc) is 2.44. The molecular formula is C16H22N2O2. The zero-order chi connectivity index (χ0) is 14.7. The van der Waals surface area contributed by atoms with Gasteiger partial charge >= 0.3 is 0 Å². The minimum atomic E-state index is -0.491. The van der Waals surface area contributed by atoms with Crippen molar-refractivity contribution >= 4 is 11.8 Å². The lowest BCUT2D eigenvalue weighted by molar-refractivity contribution is -0.141. The van der Waals surface area contributed by atoms with E-state index in [1.54, 1.807) is 4.90 Å². The second-order valence-electron chi connectivity index (χ2n) is 5.46. The summed E-state index contributed by atoms with van der Waals surface area (Å²) in [5, 5.41) is 2.93. The fourth-order valence-electron chi connectivity index (χ4n) is 2.68. The van der Waals surface area contributed by atoms with Crippen molar-refractivity contribution in [2.45, 2.75) is 45.7 Å². The molecule has 0 spiro atoms. The maximum atomic E-state index is 12.5. The molecule has 0 aliphatic carbocycles. The van der Waals surface area contributed by atoms with Crippen molar-refractivity contribution in [3.63, 3.8) is 0 Å². The van der Waals surface area contributed by atoms with Gasteiger partial charge < -0.3 is 10.2 Å². The van der Waals surface area contributed by atoms with Gasteiger partial charge in [-0.25, -0.2) is 0 Å². The third kappa shape index (κ3) is 2.84. The van der Waals surface area contributed by atoms with Crippen molar-refractivity contribution < 1.29 is 9.59 Å². The number of benzene rings is 1. The van der Waals surface area contributed by atoms with Crippen LogP contribution in [0.25, 0.3) is 0 Å². The first kappa shape index (κ1) is 14.6. The lowest BCUT2D eigenvalue weighted by Gasteiger charge is -2.36. The van der Waals surface area contributed by atoms with Gasteiger partial charge in [0, 0.05) is 19.0 Å². The highest BCUT2D eigenvalue weighted by Gasteiger charge is 2.35. The topological polar surface area (TPSA) is 49.4 Å². The number of rotatable bonds is 3. The first-order valence-electron chi connectivity index (χ1n) is 7.22. The van der Waals surface area contributed by atoms with Crippen LogP contribution in [0.2, 0.25) is 0 Å². The molecule has 1 N–H and O–H groups in total. The number of nitrogens with one attached hydrogen (secondary N) is 1. The molecule has 0 fully saturated rings. The van der Waals surface area contributed by atoms with Gasteiger partial charge in [0.15, 0.2) is 0 Å². The number of fused-ring (bicyclic) bond motifs is 1. The maximum Gasteiger partial charge on any atom is 0.247 e. The molecule has 1 unspecified atom stereocenters. The molecular weight excluding hydrogens is 252 g/mol. The van der Waals surface area contributed by atoms with Gasteiger partial charge in [-0.2, -0.15) is 0 Å². The number of hydrogen-bond acceptors (Lipinski definition) is 2. The van der Waals surface area contributed by atoms with Crippen LogP contribution < -0.4 is 5.32 Å². The molecule has 1 heterocycles. The van der Waals surface area contributed by atoms with E-state index >= 15 is 0 Å². The molecule has 1 aliphatic heterocycles. The summed E-state index contributed by atoms with van der Waals surface area (Å²) in [4.78, 5) is 26.3. The second-order valence-corrected chi connectivity index (χ2v) is 5.46. The zero-order valence-electron chi connectivity index (χ0n) is 12.3. The van der Waals surface area contributed by atoms with Gasteiger partial charge in [0.25, 0.3) is 0 Å². The van der Waals surface area contributed by atoms with Crippen LogP contribution in [0.4, 0.5) is 0 Å². The molecule has 0 aromatic heterocycles. The molecule has 20 heavy (non-hydrogen) atoms. The highest BCUT2D eigenvalue weighted by atomic mass is 16.2. The van der Waals surface area contributed by atoms with E-state index in [9.17, 15) is 9.59 Å². The van der Waals surface area contributed by atoms with Crippen molar-refractivity contribution in [3.05, 3.63) is 35.4 Å². The van der Waals surface area contributed by atoms with E-state index in [1.165, 1.54) is 0 Å². The van der Waals surface area contributed by atoms with E-state index in [2.05, 4.69) is 5.32 Å². The highest BCUT2D eigenvalue weighted by molar-refractivity contribution is 5.89. The number of carbonyl (C=O) groups is 2. The Balaban J connectivity index is 2.38. The lowest BCUT2D eigenvalue weighted by atomic mass is 9.91. The van der Waals surface area contributed by atoms with Gasteiger partial charge in [0.05, 0.1) is 0 Å². The smallest absolute Gasteiger partial charge is 0.247 e. The quantitative estimate of drug-likeness (QED) is 0.917. The summed E-state index contributed by atoms with van der Waals surface area (Å²) in [5.74, 6) is -0.0580. The fraction of sp³-hybridized carbons (Fsp3) is 0.500. The average molecular weight is 274 g/mol. The van der Waals surface area contributed by atoms with Gasteiger partial charge in [0.2, 0.25) is 11.8 Å². The Labute approximate surface area is 120 Å².